The minimum atomic E-state index is 0.0114. The molecule has 1 aliphatic carbocycles. The fraction of sp³-hybridized carbons (Fsp3) is 0.440. The number of hydrogen-bond donors (Lipinski definition) is 1. The first-order chi connectivity index (χ1) is 14.0. The summed E-state index contributed by atoms with van der Waals surface area (Å²) in [7, 11) is 0. The third-order valence-electron chi connectivity index (χ3n) is 6.71. The van der Waals surface area contributed by atoms with Gasteiger partial charge in [0.2, 0.25) is 0 Å². The highest BCUT2D eigenvalue weighted by atomic mass is 16.1. The van der Waals surface area contributed by atoms with Crippen LogP contribution in [0.25, 0.3) is 16.7 Å². The molecule has 0 saturated heterocycles. The molecule has 0 bridgehead atoms. The lowest BCUT2D eigenvalue weighted by Crippen LogP contribution is -2.43. The standard InChI is InChI=1S/C25H31N3O/c1-5-19-9-12-21(13-10-19)28-18(4)26-23-15-20(11-14-24(23)28)25(29)27-22-8-6-7-16(2)17(22)3/h9-17,22H,5-8H2,1-4H3,(H,27,29)/t16-,17-,22+/m0/s1. The maximum atomic E-state index is 12.9. The van der Waals surface area contributed by atoms with Crippen molar-refractivity contribution in [3.8, 4) is 5.69 Å². The Hall–Kier alpha value is -2.62. The fourth-order valence-corrected chi connectivity index (χ4v) is 4.59. The third kappa shape index (κ3) is 3.81. The van der Waals surface area contributed by atoms with E-state index in [2.05, 4.69) is 54.9 Å². The summed E-state index contributed by atoms with van der Waals surface area (Å²) in [4.78, 5) is 17.6. The molecule has 1 aliphatic rings. The number of carbonyl (C=O) groups excluding carboxylic acids is 1. The Morgan fingerprint density at radius 1 is 1.14 bits per heavy atom. The molecule has 4 nitrogen and oxygen atoms in total. The van der Waals surface area contributed by atoms with Gasteiger partial charge in [0.25, 0.3) is 5.91 Å². The SMILES string of the molecule is CCc1ccc(-n2c(C)nc3cc(C(=O)N[C@@H]4CCC[C@H](C)[C@@H]4C)ccc32)cc1. The van der Waals surface area contributed by atoms with Crippen LogP contribution in [0.5, 0.6) is 0 Å². The van der Waals surface area contributed by atoms with E-state index < -0.39 is 0 Å². The molecular formula is C25H31N3O. The lowest BCUT2D eigenvalue weighted by atomic mass is 9.78. The molecule has 4 rings (SSSR count). The van der Waals surface area contributed by atoms with Crippen molar-refractivity contribution in [2.24, 2.45) is 11.8 Å². The first-order valence-electron chi connectivity index (χ1n) is 10.9. The van der Waals surface area contributed by atoms with E-state index in [0.29, 0.717) is 17.4 Å². The number of fused-ring (bicyclic) bond motifs is 1. The van der Waals surface area contributed by atoms with Gasteiger partial charge in [-0.25, -0.2) is 4.98 Å². The van der Waals surface area contributed by atoms with Crippen LogP contribution in [-0.2, 0) is 6.42 Å². The van der Waals surface area contributed by atoms with Crippen LogP contribution in [-0.4, -0.2) is 21.5 Å². The third-order valence-corrected chi connectivity index (χ3v) is 6.71. The Labute approximate surface area is 173 Å². The van der Waals surface area contributed by atoms with Crippen LogP contribution in [0.1, 0.15) is 61.8 Å². The summed E-state index contributed by atoms with van der Waals surface area (Å²) in [5.74, 6) is 2.12. The molecule has 152 valence electrons. The van der Waals surface area contributed by atoms with Crippen molar-refractivity contribution >= 4 is 16.9 Å². The number of hydrogen-bond acceptors (Lipinski definition) is 2. The van der Waals surface area contributed by atoms with E-state index in [1.54, 1.807) is 0 Å². The molecule has 0 aliphatic heterocycles. The number of nitrogens with zero attached hydrogens (tertiary/aromatic N) is 2. The Morgan fingerprint density at radius 3 is 2.62 bits per heavy atom. The van der Waals surface area contributed by atoms with Crippen LogP contribution >= 0.6 is 0 Å². The molecule has 1 amide bonds. The maximum absolute atomic E-state index is 12.9. The number of rotatable bonds is 4. The summed E-state index contributed by atoms with van der Waals surface area (Å²) < 4.78 is 2.15. The average molecular weight is 390 g/mol. The van der Waals surface area contributed by atoms with Crippen LogP contribution in [0.2, 0.25) is 0 Å². The molecule has 2 aromatic carbocycles. The second kappa shape index (κ2) is 8.02. The van der Waals surface area contributed by atoms with Crippen molar-refractivity contribution in [1.29, 1.82) is 0 Å². The van der Waals surface area contributed by atoms with Crippen molar-refractivity contribution < 1.29 is 4.79 Å². The summed E-state index contributed by atoms with van der Waals surface area (Å²) in [6.07, 6.45) is 4.55. The predicted octanol–water partition coefficient (Wildman–Crippen LogP) is 5.45. The molecule has 1 fully saturated rings. The molecule has 1 aromatic heterocycles. The summed E-state index contributed by atoms with van der Waals surface area (Å²) in [6, 6.07) is 14.7. The molecule has 1 N–H and O–H groups in total. The Balaban J connectivity index is 1.60. The summed E-state index contributed by atoms with van der Waals surface area (Å²) in [6.45, 7) is 8.72. The predicted molar refractivity (Wildman–Crippen MR) is 119 cm³/mol. The van der Waals surface area contributed by atoms with Crippen molar-refractivity contribution in [3.63, 3.8) is 0 Å². The number of benzene rings is 2. The van der Waals surface area contributed by atoms with Crippen LogP contribution < -0.4 is 5.32 Å². The van der Waals surface area contributed by atoms with Crippen molar-refractivity contribution in [1.82, 2.24) is 14.9 Å². The Morgan fingerprint density at radius 2 is 1.90 bits per heavy atom. The number of aryl methyl sites for hydroxylation is 2. The van der Waals surface area contributed by atoms with E-state index >= 15 is 0 Å². The minimum absolute atomic E-state index is 0.0114. The highest BCUT2D eigenvalue weighted by Gasteiger charge is 2.28. The van der Waals surface area contributed by atoms with Gasteiger partial charge in [-0.2, -0.15) is 0 Å². The van der Waals surface area contributed by atoms with E-state index in [1.165, 1.54) is 18.4 Å². The zero-order valence-electron chi connectivity index (χ0n) is 17.9. The molecule has 0 unspecified atom stereocenters. The first kappa shape index (κ1) is 19.7. The molecular weight excluding hydrogens is 358 g/mol. The van der Waals surface area contributed by atoms with Crippen LogP contribution in [0.3, 0.4) is 0 Å². The van der Waals surface area contributed by atoms with Gasteiger partial charge in [-0.1, -0.05) is 45.7 Å². The van der Waals surface area contributed by atoms with Crippen LogP contribution in [0.4, 0.5) is 0 Å². The molecule has 3 atom stereocenters. The first-order valence-corrected chi connectivity index (χ1v) is 10.9. The summed E-state index contributed by atoms with van der Waals surface area (Å²) >= 11 is 0. The minimum Gasteiger partial charge on any atom is -0.349 e. The second-order valence-electron chi connectivity index (χ2n) is 8.57. The quantitative estimate of drug-likeness (QED) is 0.645. The van der Waals surface area contributed by atoms with Crippen molar-refractivity contribution in [3.05, 3.63) is 59.4 Å². The largest absolute Gasteiger partial charge is 0.349 e. The van der Waals surface area contributed by atoms with E-state index in [4.69, 9.17) is 4.98 Å². The Kier molecular flexibility index (Phi) is 5.44. The fourth-order valence-electron chi connectivity index (χ4n) is 4.59. The molecule has 0 spiro atoms. The van der Waals surface area contributed by atoms with E-state index in [9.17, 15) is 4.79 Å². The lowest BCUT2D eigenvalue weighted by Gasteiger charge is -2.34. The van der Waals surface area contributed by atoms with Gasteiger partial charge in [0, 0.05) is 17.3 Å². The van der Waals surface area contributed by atoms with Gasteiger partial charge in [0.1, 0.15) is 5.82 Å². The second-order valence-corrected chi connectivity index (χ2v) is 8.57. The summed E-state index contributed by atoms with van der Waals surface area (Å²) in [5, 5.41) is 3.27. The number of imidazole rings is 1. The van der Waals surface area contributed by atoms with E-state index in [1.807, 2.05) is 25.1 Å². The average Bonchev–Trinajstić information content (AvgIpc) is 3.06. The van der Waals surface area contributed by atoms with Gasteiger partial charge in [-0.3, -0.25) is 9.36 Å². The van der Waals surface area contributed by atoms with Gasteiger partial charge in [-0.15, -0.1) is 0 Å². The number of nitrogens with one attached hydrogen (secondary N) is 1. The molecule has 0 radical (unpaired) electrons. The lowest BCUT2D eigenvalue weighted by molar-refractivity contribution is 0.0891. The molecule has 1 heterocycles. The highest BCUT2D eigenvalue weighted by Crippen LogP contribution is 2.30. The Bertz CT molecular complexity index is 1020. The van der Waals surface area contributed by atoms with E-state index in [-0.39, 0.29) is 11.9 Å². The number of carbonyl (C=O) groups is 1. The van der Waals surface area contributed by atoms with Crippen molar-refractivity contribution in [2.45, 2.75) is 59.4 Å². The van der Waals surface area contributed by atoms with Crippen molar-refractivity contribution in [2.75, 3.05) is 0 Å². The number of aromatic nitrogens is 2. The van der Waals surface area contributed by atoms with E-state index in [0.717, 1.165) is 35.4 Å². The topological polar surface area (TPSA) is 46.9 Å². The van der Waals surface area contributed by atoms with Gasteiger partial charge >= 0.3 is 0 Å². The zero-order chi connectivity index (χ0) is 20.5. The van der Waals surface area contributed by atoms with Gasteiger partial charge in [0.15, 0.2) is 0 Å². The van der Waals surface area contributed by atoms with Gasteiger partial charge in [0.05, 0.1) is 11.0 Å². The zero-order valence-corrected chi connectivity index (χ0v) is 17.9. The molecule has 29 heavy (non-hydrogen) atoms. The number of amides is 1. The normalized spacial score (nSPS) is 22.0. The highest BCUT2D eigenvalue weighted by molar-refractivity contribution is 5.97. The maximum Gasteiger partial charge on any atom is 0.251 e. The van der Waals surface area contributed by atoms with Crippen LogP contribution in [0, 0.1) is 18.8 Å². The van der Waals surface area contributed by atoms with Gasteiger partial charge in [-0.05, 0) is 67.5 Å². The molecule has 4 heteroatoms. The smallest absolute Gasteiger partial charge is 0.251 e. The molecule has 1 saturated carbocycles. The van der Waals surface area contributed by atoms with Crippen LogP contribution in [0.15, 0.2) is 42.5 Å². The summed E-state index contributed by atoms with van der Waals surface area (Å²) in [5.41, 5.74) is 5.00. The van der Waals surface area contributed by atoms with Gasteiger partial charge < -0.3 is 5.32 Å². The molecule has 3 aromatic rings. The monoisotopic (exact) mass is 389 g/mol.